The van der Waals surface area contributed by atoms with Crippen LogP contribution in [-0.2, 0) is 6.54 Å². The molecule has 1 saturated heterocycles. The van der Waals surface area contributed by atoms with Crippen molar-refractivity contribution in [2.45, 2.75) is 32.7 Å². The van der Waals surface area contributed by atoms with Gasteiger partial charge in [-0.05, 0) is 58.8 Å². The van der Waals surface area contributed by atoms with Gasteiger partial charge in [0, 0.05) is 11.4 Å². The lowest BCUT2D eigenvalue weighted by Gasteiger charge is -2.31. The first kappa shape index (κ1) is 13.0. The minimum absolute atomic E-state index is 0.932. The summed E-state index contributed by atoms with van der Waals surface area (Å²) in [6.07, 6.45) is 4.06. The van der Waals surface area contributed by atoms with Crippen molar-refractivity contribution in [1.82, 2.24) is 15.2 Å². The van der Waals surface area contributed by atoms with E-state index in [1.165, 1.54) is 49.5 Å². The van der Waals surface area contributed by atoms with Crippen LogP contribution in [0.4, 0.5) is 0 Å². The van der Waals surface area contributed by atoms with E-state index in [2.05, 4.69) is 22.1 Å². The monoisotopic (exact) mass is 253 g/mol. The van der Waals surface area contributed by atoms with E-state index in [0.29, 0.717) is 0 Å². The first-order chi connectivity index (χ1) is 8.29. The predicted molar refractivity (Wildman–Crippen MR) is 73.4 cm³/mol. The third-order valence-corrected chi connectivity index (χ3v) is 4.64. The fourth-order valence-corrected chi connectivity index (χ4v) is 3.28. The molecule has 2 rings (SSSR count). The Balaban J connectivity index is 1.74. The molecule has 1 aromatic heterocycles. The van der Waals surface area contributed by atoms with E-state index in [1.807, 2.05) is 12.6 Å². The van der Waals surface area contributed by atoms with Crippen LogP contribution in [-0.4, -0.2) is 36.6 Å². The molecule has 1 aromatic rings. The molecule has 0 saturated carbocycles. The van der Waals surface area contributed by atoms with E-state index in [9.17, 15) is 0 Å². The summed E-state index contributed by atoms with van der Waals surface area (Å²) in [6, 6.07) is 0. The summed E-state index contributed by atoms with van der Waals surface area (Å²) in [5.41, 5.74) is 3.18. The average molecular weight is 253 g/mol. The lowest BCUT2D eigenvalue weighted by molar-refractivity contribution is 0.173. The van der Waals surface area contributed by atoms with Crippen molar-refractivity contribution in [3.05, 3.63) is 16.1 Å². The number of hydrogen-bond acceptors (Lipinski definition) is 4. The quantitative estimate of drug-likeness (QED) is 0.872. The standard InChI is InChI=1S/C13H23N3S/c1-11-13(17-10-15-11)9-16-7-4-12(5-8-16)3-6-14-2/h10,12,14H,3-9H2,1-2H3. The third kappa shape index (κ3) is 3.76. The predicted octanol–water partition coefficient (Wildman–Crippen LogP) is 2.27. The highest BCUT2D eigenvalue weighted by Crippen LogP contribution is 2.23. The van der Waals surface area contributed by atoms with Crippen LogP contribution < -0.4 is 5.32 Å². The fraction of sp³-hybridized carbons (Fsp3) is 0.769. The number of aryl methyl sites for hydroxylation is 1. The van der Waals surface area contributed by atoms with Gasteiger partial charge in [0.05, 0.1) is 11.2 Å². The maximum atomic E-state index is 4.32. The number of hydrogen-bond donors (Lipinski definition) is 1. The zero-order valence-corrected chi connectivity index (χ0v) is 11.7. The minimum Gasteiger partial charge on any atom is -0.320 e. The Morgan fingerprint density at radius 3 is 2.82 bits per heavy atom. The van der Waals surface area contributed by atoms with E-state index in [1.54, 1.807) is 11.3 Å². The van der Waals surface area contributed by atoms with E-state index >= 15 is 0 Å². The molecule has 4 heteroatoms. The van der Waals surface area contributed by atoms with Gasteiger partial charge in [-0.1, -0.05) is 0 Å². The molecule has 0 radical (unpaired) electrons. The summed E-state index contributed by atoms with van der Waals surface area (Å²) in [6.45, 7) is 6.90. The van der Waals surface area contributed by atoms with Crippen LogP contribution in [0.15, 0.2) is 5.51 Å². The van der Waals surface area contributed by atoms with Gasteiger partial charge >= 0.3 is 0 Å². The van der Waals surface area contributed by atoms with Crippen LogP contribution in [0.3, 0.4) is 0 Å². The summed E-state index contributed by atoms with van der Waals surface area (Å²) in [5.74, 6) is 0.932. The molecule has 0 amide bonds. The zero-order chi connectivity index (χ0) is 12.1. The normalized spacial score (nSPS) is 18.7. The highest BCUT2D eigenvalue weighted by molar-refractivity contribution is 7.09. The first-order valence-corrected chi connectivity index (χ1v) is 7.43. The second-order valence-corrected chi connectivity index (χ2v) is 5.91. The Morgan fingerprint density at radius 1 is 1.47 bits per heavy atom. The number of likely N-dealkylation sites (tertiary alicyclic amines) is 1. The van der Waals surface area contributed by atoms with Crippen LogP contribution in [0.5, 0.6) is 0 Å². The molecule has 0 aliphatic carbocycles. The van der Waals surface area contributed by atoms with Gasteiger partial charge in [0.25, 0.3) is 0 Å². The number of thiazole rings is 1. The van der Waals surface area contributed by atoms with Crippen molar-refractivity contribution in [2.75, 3.05) is 26.7 Å². The summed E-state index contributed by atoms with van der Waals surface area (Å²) in [7, 11) is 2.04. The molecular weight excluding hydrogens is 230 g/mol. The van der Waals surface area contributed by atoms with Gasteiger partial charge in [0.1, 0.15) is 0 Å². The maximum Gasteiger partial charge on any atom is 0.0798 e. The van der Waals surface area contributed by atoms with Crippen molar-refractivity contribution in [3.63, 3.8) is 0 Å². The van der Waals surface area contributed by atoms with Gasteiger partial charge in [-0.15, -0.1) is 11.3 Å². The Labute approximate surface area is 108 Å². The molecule has 0 bridgehead atoms. The second kappa shape index (κ2) is 6.47. The van der Waals surface area contributed by atoms with Crippen molar-refractivity contribution in [2.24, 2.45) is 5.92 Å². The highest BCUT2D eigenvalue weighted by Gasteiger charge is 2.19. The largest absolute Gasteiger partial charge is 0.320 e. The maximum absolute atomic E-state index is 4.32. The Bertz CT molecular complexity index is 329. The topological polar surface area (TPSA) is 28.2 Å². The molecule has 1 N–H and O–H groups in total. The number of rotatable bonds is 5. The SMILES string of the molecule is CNCCC1CCN(Cc2scnc2C)CC1. The van der Waals surface area contributed by atoms with E-state index in [-0.39, 0.29) is 0 Å². The molecule has 0 spiro atoms. The summed E-state index contributed by atoms with van der Waals surface area (Å²) < 4.78 is 0. The minimum atomic E-state index is 0.932. The fourth-order valence-electron chi connectivity index (χ4n) is 2.46. The molecule has 17 heavy (non-hydrogen) atoms. The summed E-state index contributed by atoms with van der Waals surface area (Å²) in [4.78, 5) is 8.34. The van der Waals surface area contributed by atoms with Gasteiger partial charge in [-0.3, -0.25) is 4.90 Å². The number of aromatic nitrogens is 1. The molecule has 0 unspecified atom stereocenters. The Morgan fingerprint density at radius 2 is 2.24 bits per heavy atom. The lowest BCUT2D eigenvalue weighted by Crippen LogP contribution is -2.34. The van der Waals surface area contributed by atoms with Crippen LogP contribution >= 0.6 is 11.3 Å². The average Bonchev–Trinajstić information content (AvgIpc) is 2.74. The summed E-state index contributed by atoms with van der Waals surface area (Å²) in [5, 5.41) is 3.25. The molecule has 3 nitrogen and oxygen atoms in total. The summed E-state index contributed by atoms with van der Waals surface area (Å²) >= 11 is 1.80. The molecule has 0 aromatic carbocycles. The number of nitrogens with zero attached hydrogens (tertiary/aromatic N) is 2. The van der Waals surface area contributed by atoms with E-state index in [0.717, 1.165) is 12.5 Å². The Hall–Kier alpha value is -0.450. The van der Waals surface area contributed by atoms with Crippen molar-refractivity contribution >= 4 is 11.3 Å². The van der Waals surface area contributed by atoms with Crippen LogP contribution in [0.2, 0.25) is 0 Å². The Kier molecular flexibility index (Phi) is 4.95. The molecule has 1 aliphatic rings. The molecule has 2 heterocycles. The molecule has 1 fully saturated rings. The van der Waals surface area contributed by atoms with Crippen molar-refractivity contribution in [1.29, 1.82) is 0 Å². The van der Waals surface area contributed by atoms with Gasteiger partial charge in [-0.2, -0.15) is 0 Å². The number of nitrogens with one attached hydrogen (secondary N) is 1. The van der Waals surface area contributed by atoms with E-state index in [4.69, 9.17) is 0 Å². The van der Waals surface area contributed by atoms with Gasteiger partial charge in [0.15, 0.2) is 0 Å². The molecule has 0 atom stereocenters. The van der Waals surface area contributed by atoms with Crippen LogP contribution in [0, 0.1) is 12.8 Å². The van der Waals surface area contributed by atoms with Crippen LogP contribution in [0.25, 0.3) is 0 Å². The number of piperidine rings is 1. The second-order valence-electron chi connectivity index (χ2n) is 4.97. The molecule has 96 valence electrons. The zero-order valence-electron chi connectivity index (χ0n) is 10.9. The smallest absolute Gasteiger partial charge is 0.0798 e. The van der Waals surface area contributed by atoms with Crippen molar-refractivity contribution < 1.29 is 0 Å². The molecular formula is C13H23N3S. The van der Waals surface area contributed by atoms with Crippen molar-refractivity contribution in [3.8, 4) is 0 Å². The van der Waals surface area contributed by atoms with Crippen LogP contribution in [0.1, 0.15) is 29.8 Å². The molecule has 1 aliphatic heterocycles. The third-order valence-electron chi connectivity index (χ3n) is 3.72. The van der Waals surface area contributed by atoms with Gasteiger partial charge < -0.3 is 5.32 Å². The highest BCUT2D eigenvalue weighted by atomic mass is 32.1. The first-order valence-electron chi connectivity index (χ1n) is 6.55. The van der Waals surface area contributed by atoms with E-state index < -0.39 is 0 Å². The van der Waals surface area contributed by atoms with Gasteiger partial charge in [0.2, 0.25) is 0 Å². The lowest BCUT2D eigenvalue weighted by atomic mass is 9.93. The van der Waals surface area contributed by atoms with Gasteiger partial charge in [-0.25, -0.2) is 4.98 Å².